The van der Waals surface area contributed by atoms with E-state index in [9.17, 15) is 4.79 Å². The Morgan fingerprint density at radius 1 is 0.645 bits per heavy atom. The van der Waals surface area contributed by atoms with Gasteiger partial charge in [0, 0.05) is 0 Å². The molecule has 0 aromatic heterocycles. The average molecular weight is 423 g/mol. The van der Waals surface area contributed by atoms with Crippen LogP contribution in [0.4, 0.5) is 0 Å². The normalized spacial score (nSPS) is 13.3. The summed E-state index contributed by atoms with van der Waals surface area (Å²) in [6.45, 7) is 2.25. The molecule has 0 heterocycles. The molecular weight excluding hydrogens is 396 g/mol. The molecule has 4 aromatic rings. The third-order valence-corrected chi connectivity index (χ3v) is 9.84. The Balaban J connectivity index is 1.87. The molecule has 0 aliphatic heterocycles. The van der Waals surface area contributed by atoms with Gasteiger partial charge in [-0.05, 0) is 28.0 Å². The second-order valence-corrected chi connectivity index (χ2v) is 11.4. The van der Waals surface area contributed by atoms with Crippen LogP contribution in [0.25, 0.3) is 0 Å². The second kappa shape index (κ2) is 9.25. The van der Waals surface area contributed by atoms with Crippen molar-refractivity contribution in [3.63, 3.8) is 0 Å². The van der Waals surface area contributed by atoms with Crippen LogP contribution in [0.3, 0.4) is 0 Å². The Kier molecular flexibility index (Phi) is 6.26. The topological polar surface area (TPSA) is 26.3 Å². The van der Waals surface area contributed by atoms with Gasteiger partial charge in [0.05, 0.1) is 12.0 Å². The molecule has 4 aromatic carbocycles. The summed E-state index contributed by atoms with van der Waals surface area (Å²) in [6, 6.07) is 41.2. The molecule has 0 amide bonds. The van der Waals surface area contributed by atoms with Crippen LogP contribution in [-0.2, 0) is 14.6 Å². The van der Waals surface area contributed by atoms with E-state index in [2.05, 4.69) is 72.8 Å². The van der Waals surface area contributed by atoms with E-state index in [0.29, 0.717) is 6.61 Å². The van der Waals surface area contributed by atoms with Gasteiger partial charge >= 0.3 is 0 Å². The first-order valence-corrected chi connectivity index (χ1v) is 12.4. The predicted molar refractivity (Wildman–Crippen MR) is 130 cm³/mol. The summed E-state index contributed by atoms with van der Waals surface area (Å²) in [5, 5.41) is 3.48. The smallest absolute Gasteiger partial charge is 0.288 e. The number of aldehydes is 1. The van der Waals surface area contributed by atoms with Crippen LogP contribution in [0.2, 0.25) is 0 Å². The summed E-state index contributed by atoms with van der Waals surface area (Å²) in [6.07, 6.45) is 1.02. The minimum Gasteiger partial charge on any atom is -0.403 e. The summed E-state index contributed by atoms with van der Waals surface area (Å²) in [5.41, 5.74) is 0.222. The van der Waals surface area contributed by atoms with E-state index in [1.807, 2.05) is 55.5 Å². The first kappa shape index (κ1) is 21.0. The maximum Gasteiger partial charge on any atom is 0.288 e. The predicted octanol–water partition coefficient (Wildman–Crippen LogP) is 3.83. The zero-order chi connectivity index (χ0) is 21.6. The highest BCUT2D eigenvalue weighted by Gasteiger charge is 2.43. The van der Waals surface area contributed by atoms with Crippen LogP contribution < -0.4 is 15.6 Å². The van der Waals surface area contributed by atoms with Gasteiger partial charge in [0.2, 0.25) is 0 Å². The lowest BCUT2D eigenvalue weighted by Crippen LogP contribution is -2.70. The molecule has 1 unspecified atom stereocenters. The zero-order valence-electron chi connectivity index (χ0n) is 17.6. The van der Waals surface area contributed by atoms with Gasteiger partial charge in [0.1, 0.15) is 6.29 Å². The Labute approximate surface area is 185 Å². The molecule has 4 rings (SSSR count). The molecule has 3 heteroatoms. The highest BCUT2D eigenvalue weighted by atomic mass is 28.4. The van der Waals surface area contributed by atoms with Gasteiger partial charge in [0.25, 0.3) is 8.32 Å². The molecule has 0 radical (unpaired) electrons. The minimum atomic E-state index is -2.84. The fraction of sp³-hybridized carbons (Fsp3) is 0.107. The first-order valence-electron chi connectivity index (χ1n) is 10.5. The Bertz CT molecular complexity index is 1000. The van der Waals surface area contributed by atoms with Crippen LogP contribution in [-0.4, -0.2) is 21.2 Å². The van der Waals surface area contributed by atoms with E-state index in [1.165, 1.54) is 0 Å². The molecule has 0 saturated carbocycles. The van der Waals surface area contributed by atoms with Gasteiger partial charge in [-0.25, -0.2) is 0 Å². The molecule has 0 aliphatic carbocycles. The fourth-order valence-electron chi connectivity index (χ4n) is 4.03. The van der Waals surface area contributed by atoms with Gasteiger partial charge < -0.3 is 9.22 Å². The highest BCUT2D eigenvalue weighted by Crippen LogP contribution is 2.23. The molecule has 0 fully saturated rings. The molecule has 1 atom stereocenters. The van der Waals surface area contributed by atoms with Crippen molar-refractivity contribution in [3.8, 4) is 0 Å². The lowest BCUT2D eigenvalue weighted by Gasteiger charge is -2.36. The number of hydrogen-bond donors (Lipinski definition) is 0. The van der Waals surface area contributed by atoms with Crippen molar-refractivity contribution in [1.29, 1.82) is 0 Å². The van der Waals surface area contributed by atoms with Gasteiger partial charge in [-0.2, -0.15) is 0 Å². The van der Waals surface area contributed by atoms with Crippen LogP contribution >= 0.6 is 0 Å². The van der Waals surface area contributed by atoms with E-state index < -0.39 is 13.7 Å². The lowest BCUT2D eigenvalue weighted by atomic mass is 9.85. The van der Waals surface area contributed by atoms with E-state index in [1.54, 1.807) is 0 Å². The number of hydrogen-bond acceptors (Lipinski definition) is 2. The number of benzene rings is 4. The van der Waals surface area contributed by atoms with Crippen molar-refractivity contribution in [3.05, 3.63) is 127 Å². The summed E-state index contributed by atoms with van der Waals surface area (Å²) in [7, 11) is -2.84. The monoisotopic (exact) mass is 422 g/mol. The summed E-state index contributed by atoms with van der Waals surface area (Å²) in [4.78, 5) is 12.3. The molecule has 2 nitrogen and oxygen atoms in total. The third kappa shape index (κ3) is 4.15. The van der Waals surface area contributed by atoms with Crippen molar-refractivity contribution in [2.45, 2.75) is 12.3 Å². The van der Waals surface area contributed by atoms with E-state index in [-0.39, 0.29) is 0 Å². The van der Waals surface area contributed by atoms with Crippen molar-refractivity contribution in [1.82, 2.24) is 0 Å². The highest BCUT2D eigenvalue weighted by molar-refractivity contribution is 7.07. The van der Waals surface area contributed by atoms with Crippen LogP contribution in [0.15, 0.2) is 121 Å². The van der Waals surface area contributed by atoms with Crippen molar-refractivity contribution in [2.24, 2.45) is 0 Å². The van der Waals surface area contributed by atoms with Crippen LogP contribution in [0.1, 0.15) is 12.5 Å². The largest absolute Gasteiger partial charge is 0.403 e. The van der Waals surface area contributed by atoms with Gasteiger partial charge in [-0.3, -0.25) is 0 Å². The summed E-state index contributed by atoms with van der Waals surface area (Å²) in [5.74, 6) is 0. The van der Waals surface area contributed by atoms with Gasteiger partial charge in [-0.15, -0.1) is 0 Å². The quantitative estimate of drug-likeness (QED) is 0.245. The number of carbonyl (C=O) groups excluding carboxylic acids is 1. The summed E-state index contributed by atoms with van der Waals surface area (Å²) >= 11 is 0. The molecule has 0 N–H and O–H groups in total. The third-order valence-electron chi connectivity index (χ3n) is 5.82. The van der Waals surface area contributed by atoms with Crippen LogP contribution in [0, 0.1) is 0 Å². The molecule has 0 spiro atoms. The van der Waals surface area contributed by atoms with E-state index in [0.717, 1.165) is 27.4 Å². The van der Waals surface area contributed by atoms with Crippen molar-refractivity contribution in [2.75, 3.05) is 6.61 Å². The molecule has 0 bridgehead atoms. The molecule has 0 aliphatic rings. The van der Waals surface area contributed by atoms with Crippen molar-refractivity contribution >= 4 is 30.2 Å². The number of rotatable bonds is 8. The molecule has 31 heavy (non-hydrogen) atoms. The van der Waals surface area contributed by atoms with Crippen LogP contribution in [0.5, 0.6) is 0 Å². The van der Waals surface area contributed by atoms with Gasteiger partial charge in [0.15, 0.2) is 0 Å². The maximum atomic E-state index is 12.3. The van der Waals surface area contributed by atoms with Gasteiger partial charge in [-0.1, -0.05) is 121 Å². The maximum absolute atomic E-state index is 12.3. The molecule has 0 saturated heterocycles. The van der Waals surface area contributed by atoms with E-state index >= 15 is 0 Å². The minimum absolute atomic E-state index is 0.297. The standard InChI is InChI=1S/C28H26O2Si/c1-28(22-29,24-14-6-2-7-15-24)23-30-31(25-16-8-3-9-17-25,26-18-10-4-11-19-26)27-20-12-5-13-21-27/h2-22H,23H2,1H3. The zero-order valence-corrected chi connectivity index (χ0v) is 18.6. The molecule has 154 valence electrons. The first-order chi connectivity index (χ1) is 15.2. The Morgan fingerprint density at radius 3 is 1.35 bits per heavy atom. The SMILES string of the molecule is CC(C=O)(CO[Si](c1ccccc1)(c1ccccc1)c1ccccc1)c1ccccc1. The molecular formula is C28H26O2Si. The average Bonchev–Trinajstić information content (AvgIpc) is 2.87. The number of carbonyl (C=O) groups is 1. The van der Waals surface area contributed by atoms with Crippen molar-refractivity contribution < 1.29 is 9.22 Å². The summed E-state index contributed by atoms with van der Waals surface area (Å²) < 4.78 is 7.01. The lowest BCUT2D eigenvalue weighted by molar-refractivity contribution is -0.113. The second-order valence-electron chi connectivity index (χ2n) is 7.97. The fourth-order valence-corrected chi connectivity index (χ4v) is 8.03. The Morgan fingerprint density at radius 2 is 1.00 bits per heavy atom. The Hall–Kier alpha value is -3.27. The van der Waals surface area contributed by atoms with E-state index in [4.69, 9.17) is 4.43 Å².